The number of rotatable bonds is 3. The van der Waals surface area contributed by atoms with E-state index in [9.17, 15) is 5.26 Å². The van der Waals surface area contributed by atoms with Crippen LogP contribution in [0.5, 0.6) is 0 Å². The van der Waals surface area contributed by atoms with Crippen LogP contribution in [0, 0.1) is 11.3 Å². The van der Waals surface area contributed by atoms with Crippen molar-refractivity contribution < 1.29 is 0 Å². The molecule has 0 radical (unpaired) electrons. The molecule has 0 aliphatic rings. The van der Waals surface area contributed by atoms with E-state index in [0.29, 0.717) is 5.56 Å². The Morgan fingerprint density at radius 3 is 1.84 bits per heavy atom. The van der Waals surface area contributed by atoms with E-state index in [1.165, 1.54) is 0 Å². The van der Waals surface area contributed by atoms with Crippen molar-refractivity contribution in [1.82, 2.24) is 15.0 Å². The van der Waals surface area contributed by atoms with Crippen molar-refractivity contribution in [3.05, 3.63) is 127 Å². The molecule has 176 valence electrons. The second-order valence-electron chi connectivity index (χ2n) is 9.18. The molecule has 0 aliphatic carbocycles. The molecule has 4 heteroatoms. The van der Waals surface area contributed by atoms with Gasteiger partial charge in [0.05, 0.1) is 45.3 Å². The first-order valence-electron chi connectivity index (χ1n) is 12.4. The van der Waals surface area contributed by atoms with Crippen molar-refractivity contribution >= 4 is 32.7 Å². The van der Waals surface area contributed by atoms with Crippen molar-refractivity contribution in [3.63, 3.8) is 0 Å². The van der Waals surface area contributed by atoms with Gasteiger partial charge in [-0.1, -0.05) is 91.0 Å². The van der Waals surface area contributed by atoms with E-state index in [-0.39, 0.29) is 0 Å². The molecule has 0 N–H and O–H groups in total. The Morgan fingerprint density at radius 1 is 0.474 bits per heavy atom. The van der Waals surface area contributed by atoms with E-state index in [1.807, 2.05) is 84.9 Å². The molecule has 0 atom stereocenters. The Kier molecular flexibility index (Phi) is 5.13. The summed E-state index contributed by atoms with van der Waals surface area (Å²) in [4.78, 5) is 15.6. The van der Waals surface area contributed by atoms with Gasteiger partial charge in [0.15, 0.2) is 0 Å². The molecule has 0 aliphatic heterocycles. The molecule has 0 unspecified atom stereocenters. The third-order valence-corrected chi connectivity index (χ3v) is 6.86. The number of aromatic nitrogens is 3. The van der Waals surface area contributed by atoms with Crippen LogP contribution in [0.15, 0.2) is 121 Å². The first kappa shape index (κ1) is 21.8. The summed E-state index contributed by atoms with van der Waals surface area (Å²) in [6.07, 6.45) is 0. The van der Waals surface area contributed by atoms with Crippen LogP contribution in [-0.2, 0) is 0 Å². The maximum absolute atomic E-state index is 9.51. The zero-order chi connectivity index (χ0) is 25.5. The van der Waals surface area contributed by atoms with Gasteiger partial charge in [0.2, 0.25) is 0 Å². The third-order valence-electron chi connectivity index (χ3n) is 6.86. The molecule has 0 bridgehead atoms. The summed E-state index contributed by atoms with van der Waals surface area (Å²) < 4.78 is 0. The van der Waals surface area contributed by atoms with Crippen molar-refractivity contribution in [2.45, 2.75) is 0 Å². The molecule has 0 saturated carbocycles. The van der Waals surface area contributed by atoms with Gasteiger partial charge in [-0.15, -0.1) is 0 Å². The van der Waals surface area contributed by atoms with E-state index in [2.05, 4.69) is 42.5 Å². The smallest absolute Gasteiger partial charge is 0.0991 e. The lowest BCUT2D eigenvalue weighted by atomic mass is 9.97. The van der Waals surface area contributed by atoms with Gasteiger partial charge < -0.3 is 0 Å². The quantitative estimate of drug-likeness (QED) is 0.237. The topological polar surface area (TPSA) is 62.5 Å². The van der Waals surface area contributed by atoms with Crippen LogP contribution in [0.2, 0.25) is 0 Å². The molecule has 0 spiro atoms. The van der Waals surface area contributed by atoms with Gasteiger partial charge in [-0.2, -0.15) is 5.26 Å². The van der Waals surface area contributed by atoms with Gasteiger partial charge in [0.1, 0.15) is 0 Å². The van der Waals surface area contributed by atoms with Crippen molar-refractivity contribution in [3.8, 4) is 39.8 Å². The highest BCUT2D eigenvalue weighted by atomic mass is 14.8. The van der Waals surface area contributed by atoms with Gasteiger partial charge in [-0.25, -0.2) is 15.0 Å². The van der Waals surface area contributed by atoms with Crippen LogP contribution in [0.1, 0.15) is 5.56 Å². The van der Waals surface area contributed by atoms with Crippen LogP contribution in [-0.4, -0.2) is 15.0 Å². The first-order valence-corrected chi connectivity index (χ1v) is 12.4. The fourth-order valence-corrected chi connectivity index (χ4v) is 5.11. The molecule has 5 aromatic carbocycles. The predicted octanol–water partition coefficient (Wildman–Crippen LogP) is 8.20. The van der Waals surface area contributed by atoms with Crippen LogP contribution in [0.4, 0.5) is 0 Å². The summed E-state index contributed by atoms with van der Waals surface area (Å²) in [5.41, 5.74) is 8.58. The molecule has 7 aromatic rings. The number of hydrogen-bond donors (Lipinski definition) is 0. The maximum atomic E-state index is 9.51. The summed E-state index contributed by atoms with van der Waals surface area (Å²) in [5.74, 6) is 0. The Labute approximate surface area is 219 Å². The van der Waals surface area contributed by atoms with Crippen molar-refractivity contribution in [1.29, 1.82) is 5.26 Å². The fraction of sp³-hybridized carbons (Fsp3) is 0. The summed E-state index contributed by atoms with van der Waals surface area (Å²) in [7, 11) is 0. The Bertz CT molecular complexity index is 2020. The van der Waals surface area contributed by atoms with Gasteiger partial charge in [0, 0.05) is 32.8 Å². The molecule has 2 aromatic heterocycles. The molecule has 0 fully saturated rings. The largest absolute Gasteiger partial charge is 0.247 e. The monoisotopic (exact) mass is 484 g/mol. The van der Waals surface area contributed by atoms with E-state index >= 15 is 0 Å². The van der Waals surface area contributed by atoms with Gasteiger partial charge in [0.25, 0.3) is 0 Å². The summed E-state index contributed by atoms with van der Waals surface area (Å²) in [6, 6.07) is 42.5. The molecule has 4 nitrogen and oxygen atoms in total. The highest BCUT2D eigenvalue weighted by Crippen LogP contribution is 2.38. The van der Waals surface area contributed by atoms with Gasteiger partial charge >= 0.3 is 0 Å². The van der Waals surface area contributed by atoms with Gasteiger partial charge in [-0.05, 0) is 30.3 Å². The molecular formula is C34H20N4. The summed E-state index contributed by atoms with van der Waals surface area (Å²) >= 11 is 0. The maximum Gasteiger partial charge on any atom is 0.0991 e. The molecule has 38 heavy (non-hydrogen) atoms. The van der Waals surface area contributed by atoms with Crippen LogP contribution < -0.4 is 0 Å². The molecule has 2 heterocycles. The number of benzene rings is 5. The zero-order valence-corrected chi connectivity index (χ0v) is 20.3. The first-order chi connectivity index (χ1) is 18.8. The molecule has 0 amide bonds. The van der Waals surface area contributed by atoms with E-state index in [0.717, 1.165) is 66.5 Å². The summed E-state index contributed by atoms with van der Waals surface area (Å²) in [5, 5.41) is 12.5. The highest BCUT2D eigenvalue weighted by Gasteiger charge is 2.18. The summed E-state index contributed by atoms with van der Waals surface area (Å²) in [6.45, 7) is 0. The van der Waals surface area contributed by atoms with E-state index in [1.54, 1.807) is 0 Å². The molecule has 7 rings (SSSR count). The second kappa shape index (κ2) is 8.92. The Balaban J connectivity index is 1.63. The van der Waals surface area contributed by atoms with Crippen molar-refractivity contribution in [2.75, 3.05) is 0 Å². The second-order valence-corrected chi connectivity index (χ2v) is 9.18. The minimum atomic E-state index is 0.602. The Hall–Kier alpha value is -5.40. The van der Waals surface area contributed by atoms with E-state index < -0.39 is 0 Å². The molecule has 0 saturated heterocycles. The Morgan fingerprint density at radius 2 is 1.11 bits per heavy atom. The van der Waals surface area contributed by atoms with Crippen LogP contribution in [0.3, 0.4) is 0 Å². The number of para-hydroxylation sites is 1. The lowest BCUT2D eigenvalue weighted by molar-refractivity contribution is 1.30. The van der Waals surface area contributed by atoms with Crippen LogP contribution >= 0.6 is 0 Å². The number of pyridine rings is 1. The average Bonchev–Trinajstić information content (AvgIpc) is 3.00. The number of nitriles is 1. The number of hydrogen-bond acceptors (Lipinski definition) is 4. The third kappa shape index (κ3) is 3.57. The normalized spacial score (nSPS) is 11.1. The number of fused-ring (bicyclic) bond motifs is 5. The minimum absolute atomic E-state index is 0.602. The SMILES string of the molecule is N#Cc1cccc(-c2nc3ccccc3c3c2ccc2nc(-c4ccccc4)c(-c4ccccc4)nc23)c1. The lowest BCUT2D eigenvalue weighted by Crippen LogP contribution is -1.98. The average molecular weight is 485 g/mol. The van der Waals surface area contributed by atoms with E-state index in [4.69, 9.17) is 15.0 Å². The zero-order valence-electron chi connectivity index (χ0n) is 20.3. The van der Waals surface area contributed by atoms with Gasteiger partial charge in [-0.3, -0.25) is 0 Å². The van der Waals surface area contributed by atoms with Crippen LogP contribution in [0.25, 0.3) is 66.5 Å². The standard InChI is InChI=1S/C34H20N4/c35-21-22-10-9-15-25(20-22)31-27-18-19-29-34(30(27)26-16-7-8-17-28(26)36-31)38-33(24-13-5-2-6-14-24)32(37-29)23-11-3-1-4-12-23/h1-20H. The lowest BCUT2D eigenvalue weighted by Gasteiger charge is -2.15. The minimum Gasteiger partial charge on any atom is -0.247 e. The van der Waals surface area contributed by atoms with Crippen molar-refractivity contribution in [2.24, 2.45) is 0 Å². The predicted molar refractivity (Wildman–Crippen MR) is 153 cm³/mol. The fourth-order valence-electron chi connectivity index (χ4n) is 5.11. The highest BCUT2D eigenvalue weighted by molar-refractivity contribution is 6.21. The molecular weight excluding hydrogens is 464 g/mol. The number of nitrogens with zero attached hydrogens (tertiary/aromatic N) is 4.